The summed E-state index contributed by atoms with van der Waals surface area (Å²) in [6.07, 6.45) is 5.75. The minimum Gasteiger partial charge on any atom is -0.443 e. The number of hydrazine groups is 1. The summed E-state index contributed by atoms with van der Waals surface area (Å²) >= 11 is 0. The van der Waals surface area contributed by atoms with Crippen LogP contribution in [-0.4, -0.2) is 32.1 Å². The maximum atomic E-state index is 11.8. The third kappa shape index (κ3) is 5.73. The summed E-state index contributed by atoms with van der Waals surface area (Å²) in [5, 5.41) is 0. The lowest BCUT2D eigenvalue weighted by atomic mass is 10.2. The number of carbonyl (C=O) groups excluding carboxylic acids is 2. The second-order valence-corrected chi connectivity index (χ2v) is 6.71. The molecule has 2 aromatic heterocycles. The van der Waals surface area contributed by atoms with Crippen LogP contribution in [0.5, 0.6) is 0 Å². The van der Waals surface area contributed by atoms with Crippen LogP contribution in [-0.2, 0) is 9.53 Å². The summed E-state index contributed by atoms with van der Waals surface area (Å²) < 4.78 is 6.91. The van der Waals surface area contributed by atoms with Gasteiger partial charge in [-0.15, -0.1) is 0 Å². The van der Waals surface area contributed by atoms with Gasteiger partial charge in [-0.3, -0.25) is 15.2 Å². The quantitative estimate of drug-likeness (QED) is 0.649. The SMILES string of the molecule is Cc1cn(-c2ccc(/C=C/C(=O)NNC(=O)OC(C)(C)C)nc2C)cn1. The molecule has 0 radical (unpaired) electrons. The number of imidazole rings is 1. The number of hydrogen-bond donors (Lipinski definition) is 2. The van der Waals surface area contributed by atoms with Crippen molar-refractivity contribution in [1.82, 2.24) is 25.4 Å². The van der Waals surface area contributed by atoms with Crippen LogP contribution in [0.2, 0.25) is 0 Å². The Balaban J connectivity index is 1.94. The number of carbonyl (C=O) groups is 2. The molecule has 8 nitrogen and oxygen atoms in total. The molecule has 0 bridgehead atoms. The van der Waals surface area contributed by atoms with Gasteiger partial charge in [0.15, 0.2) is 0 Å². The molecule has 2 rings (SSSR count). The average Bonchev–Trinajstić information content (AvgIpc) is 2.95. The molecule has 0 saturated heterocycles. The zero-order chi connectivity index (χ0) is 19.3. The third-order valence-corrected chi connectivity index (χ3v) is 3.16. The molecule has 0 atom stereocenters. The van der Waals surface area contributed by atoms with Crippen molar-refractivity contribution in [2.75, 3.05) is 0 Å². The Bertz CT molecular complexity index is 834. The van der Waals surface area contributed by atoms with Gasteiger partial charge >= 0.3 is 6.09 Å². The van der Waals surface area contributed by atoms with Crippen molar-refractivity contribution < 1.29 is 14.3 Å². The molecule has 2 N–H and O–H groups in total. The number of rotatable bonds is 3. The second-order valence-electron chi connectivity index (χ2n) is 6.71. The van der Waals surface area contributed by atoms with Crippen molar-refractivity contribution in [2.45, 2.75) is 40.2 Å². The van der Waals surface area contributed by atoms with Gasteiger partial charge in [0.1, 0.15) is 5.60 Å². The number of nitrogens with zero attached hydrogens (tertiary/aromatic N) is 3. The van der Waals surface area contributed by atoms with Gasteiger partial charge < -0.3 is 9.30 Å². The van der Waals surface area contributed by atoms with Crippen molar-refractivity contribution in [3.8, 4) is 5.69 Å². The fourth-order valence-corrected chi connectivity index (χ4v) is 2.11. The van der Waals surface area contributed by atoms with E-state index in [1.165, 1.54) is 6.08 Å². The molecule has 0 fully saturated rings. The van der Waals surface area contributed by atoms with Crippen molar-refractivity contribution in [3.05, 3.63) is 47.8 Å². The van der Waals surface area contributed by atoms with E-state index in [2.05, 4.69) is 20.8 Å². The predicted octanol–water partition coefficient (Wildman–Crippen LogP) is 2.45. The maximum Gasteiger partial charge on any atom is 0.426 e. The Kier molecular flexibility index (Phi) is 5.76. The highest BCUT2D eigenvalue weighted by Crippen LogP contribution is 2.14. The first kappa shape index (κ1) is 19.2. The van der Waals surface area contributed by atoms with Crippen molar-refractivity contribution in [1.29, 1.82) is 0 Å². The van der Waals surface area contributed by atoms with E-state index in [0.29, 0.717) is 5.69 Å². The second kappa shape index (κ2) is 7.81. The van der Waals surface area contributed by atoms with Crippen LogP contribution in [0.25, 0.3) is 11.8 Å². The molecule has 138 valence electrons. The largest absolute Gasteiger partial charge is 0.443 e. The zero-order valence-electron chi connectivity index (χ0n) is 15.5. The fourth-order valence-electron chi connectivity index (χ4n) is 2.11. The van der Waals surface area contributed by atoms with Gasteiger partial charge in [0, 0.05) is 12.3 Å². The van der Waals surface area contributed by atoms with Crippen LogP contribution in [0, 0.1) is 13.8 Å². The minimum atomic E-state index is -0.729. The van der Waals surface area contributed by atoms with Gasteiger partial charge in [-0.05, 0) is 52.8 Å². The van der Waals surface area contributed by atoms with Gasteiger partial charge in [-0.25, -0.2) is 15.2 Å². The molecule has 2 amide bonds. The Morgan fingerprint density at radius 1 is 1.19 bits per heavy atom. The van der Waals surface area contributed by atoms with Crippen LogP contribution in [0.3, 0.4) is 0 Å². The van der Waals surface area contributed by atoms with E-state index in [0.717, 1.165) is 17.1 Å². The molecule has 0 aliphatic rings. The first-order chi connectivity index (χ1) is 12.1. The standard InChI is InChI=1S/C18H23N5O3/c1-12-10-23(11-19-12)15-8-6-14(20-13(15)2)7-9-16(24)21-22-17(25)26-18(3,4)5/h6-11H,1-5H3,(H,21,24)(H,22,25)/b9-7+. The summed E-state index contributed by atoms with van der Waals surface area (Å²) in [7, 11) is 0. The first-order valence-electron chi connectivity index (χ1n) is 8.10. The van der Waals surface area contributed by atoms with Gasteiger partial charge in [-0.2, -0.15) is 0 Å². The Labute approximate surface area is 152 Å². The van der Waals surface area contributed by atoms with Gasteiger partial charge in [0.25, 0.3) is 5.91 Å². The Hall–Kier alpha value is -3.16. The molecular formula is C18H23N5O3. The average molecular weight is 357 g/mol. The Morgan fingerprint density at radius 3 is 2.50 bits per heavy atom. The van der Waals surface area contributed by atoms with Crippen LogP contribution in [0.1, 0.15) is 37.9 Å². The fraction of sp³-hybridized carbons (Fsp3) is 0.333. The lowest BCUT2D eigenvalue weighted by Crippen LogP contribution is -2.43. The molecular weight excluding hydrogens is 334 g/mol. The summed E-state index contributed by atoms with van der Waals surface area (Å²) in [6.45, 7) is 9.00. The number of pyridine rings is 1. The van der Waals surface area contributed by atoms with Crippen LogP contribution in [0.4, 0.5) is 4.79 Å². The first-order valence-corrected chi connectivity index (χ1v) is 8.10. The number of nitrogens with one attached hydrogen (secondary N) is 2. The molecule has 26 heavy (non-hydrogen) atoms. The molecule has 0 aromatic carbocycles. The van der Waals surface area contributed by atoms with Crippen LogP contribution < -0.4 is 10.9 Å². The summed E-state index contributed by atoms with van der Waals surface area (Å²) in [4.78, 5) is 31.9. The van der Waals surface area contributed by atoms with Crippen molar-refractivity contribution in [2.24, 2.45) is 0 Å². The number of amides is 2. The van der Waals surface area contributed by atoms with Gasteiger partial charge in [-0.1, -0.05) is 0 Å². The van der Waals surface area contributed by atoms with E-state index in [-0.39, 0.29) is 0 Å². The minimum absolute atomic E-state index is 0.496. The van der Waals surface area contributed by atoms with Gasteiger partial charge in [0.05, 0.1) is 29.1 Å². The molecule has 0 unspecified atom stereocenters. The van der Waals surface area contributed by atoms with E-state index in [1.54, 1.807) is 39.2 Å². The lowest BCUT2D eigenvalue weighted by molar-refractivity contribution is -0.117. The van der Waals surface area contributed by atoms with E-state index in [1.807, 2.05) is 30.7 Å². The van der Waals surface area contributed by atoms with E-state index in [4.69, 9.17) is 4.74 Å². The molecule has 8 heteroatoms. The topological polar surface area (TPSA) is 98.1 Å². The van der Waals surface area contributed by atoms with Crippen molar-refractivity contribution >= 4 is 18.1 Å². The lowest BCUT2D eigenvalue weighted by Gasteiger charge is -2.19. The van der Waals surface area contributed by atoms with E-state index < -0.39 is 17.6 Å². The number of ether oxygens (including phenoxy) is 1. The highest BCUT2D eigenvalue weighted by Gasteiger charge is 2.16. The summed E-state index contributed by atoms with van der Waals surface area (Å²) in [6, 6.07) is 3.70. The van der Waals surface area contributed by atoms with Gasteiger partial charge in [0.2, 0.25) is 0 Å². The van der Waals surface area contributed by atoms with Crippen LogP contribution >= 0.6 is 0 Å². The molecule has 2 heterocycles. The van der Waals surface area contributed by atoms with Crippen LogP contribution in [0.15, 0.2) is 30.7 Å². The monoisotopic (exact) mass is 357 g/mol. The van der Waals surface area contributed by atoms with Crippen molar-refractivity contribution in [3.63, 3.8) is 0 Å². The van der Waals surface area contributed by atoms with E-state index in [9.17, 15) is 9.59 Å². The highest BCUT2D eigenvalue weighted by atomic mass is 16.6. The molecule has 2 aromatic rings. The molecule has 0 aliphatic carbocycles. The smallest absolute Gasteiger partial charge is 0.426 e. The normalized spacial score (nSPS) is 11.4. The number of hydrogen-bond acceptors (Lipinski definition) is 5. The zero-order valence-corrected chi connectivity index (χ0v) is 15.5. The summed E-state index contributed by atoms with van der Waals surface area (Å²) in [5.74, 6) is -0.496. The summed E-state index contributed by atoms with van der Waals surface area (Å²) in [5.41, 5.74) is 7.04. The van der Waals surface area contributed by atoms with E-state index >= 15 is 0 Å². The highest BCUT2D eigenvalue weighted by molar-refractivity contribution is 5.92. The molecule has 0 saturated carbocycles. The number of aromatic nitrogens is 3. The predicted molar refractivity (Wildman–Crippen MR) is 97.4 cm³/mol. The maximum absolute atomic E-state index is 11.8. The molecule has 0 aliphatic heterocycles. The molecule has 0 spiro atoms. The third-order valence-electron chi connectivity index (χ3n) is 3.16. The number of aryl methyl sites for hydroxylation is 2. The Morgan fingerprint density at radius 2 is 1.92 bits per heavy atom.